The van der Waals surface area contributed by atoms with E-state index in [0.29, 0.717) is 28.3 Å². The summed E-state index contributed by atoms with van der Waals surface area (Å²) in [6, 6.07) is 0.312. The molecule has 2 amide bonds. The Hall–Kier alpha value is -3.07. The first-order chi connectivity index (χ1) is 16.3. The number of nitrogen functional groups attached to an aromatic ring is 1. The number of pyridine rings is 1. The van der Waals surface area contributed by atoms with Gasteiger partial charge in [0.2, 0.25) is 6.04 Å². The molecule has 15 heteroatoms. The summed E-state index contributed by atoms with van der Waals surface area (Å²) in [5.41, 5.74) is 11.7. The van der Waals surface area contributed by atoms with E-state index in [1.807, 2.05) is 0 Å². The van der Waals surface area contributed by atoms with E-state index in [2.05, 4.69) is 20.5 Å². The summed E-state index contributed by atoms with van der Waals surface area (Å²) in [5, 5.41) is 15.2. The van der Waals surface area contributed by atoms with Gasteiger partial charge in [-0.2, -0.15) is 0 Å². The summed E-state index contributed by atoms with van der Waals surface area (Å²) in [4.78, 5) is 59.4. The molecule has 4 heterocycles. The van der Waals surface area contributed by atoms with Gasteiger partial charge in [0, 0.05) is 22.5 Å². The molecule has 6 N–H and O–H groups in total. The molecule has 2 aromatic heterocycles. The van der Waals surface area contributed by atoms with Crippen molar-refractivity contribution in [1.82, 2.24) is 20.2 Å². The molecule has 12 nitrogen and oxygen atoms in total. The highest BCUT2D eigenvalue weighted by Crippen LogP contribution is 2.44. The monoisotopic (exact) mass is 523 g/mol. The average molecular weight is 524 g/mol. The smallest absolute Gasteiger partial charge is 0.353 e. The number of hydrogen-bond donors (Lipinski definition) is 4. The van der Waals surface area contributed by atoms with E-state index >= 15 is 0 Å². The van der Waals surface area contributed by atoms with Gasteiger partial charge < -0.3 is 21.9 Å². The lowest BCUT2D eigenvalue weighted by molar-refractivity contribution is -0.156. The number of β-lactam (4-membered cyclic amide) rings is 1. The summed E-state index contributed by atoms with van der Waals surface area (Å²) >= 11 is 8.07. The van der Waals surface area contributed by atoms with Crippen LogP contribution in [-0.4, -0.2) is 49.8 Å². The molecule has 1 fully saturated rings. The van der Waals surface area contributed by atoms with E-state index in [1.54, 1.807) is 18.3 Å². The third kappa shape index (κ3) is 4.24. The molecule has 34 heavy (non-hydrogen) atoms. The van der Waals surface area contributed by atoms with Crippen LogP contribution in [0, 0.1) is 4.91 Å². The number of carboxylic acid groups (broad SMARTS) is 1. The summed E-state index contributed by atoms with van der Waals surface area (Å²) in [6.07, 6.45) is 2.35. The van der Waals surface area contributed by atoms with Crippen molar-refractivity contribution in [3.8, 4) is 0 Å². The maximum absolute atomic E-state index is 12.9. The molecule has 2 aromatic rings. The molecule has 0 bridgehead atoms. The fourth-order valence-electron chi connectivity index (χ4n) is 3.88. The summed E-state index contributed by atoms with van der Waals surface area (Å²) in [6.45, 7) is 0.179. The van der Waals surface area contributed by atoms with Gasteiger partial charge in [-0.05, 0) is 30.2 Å². The van der Waals surface area contributed by atoms with E-state index in [9.17, 15) is 24.4 Å². The van der Waals surface area contributed by atoms with Crippen LogP contribution < -0.4 is 16.8 Å². The zero-order valence-corrected chi connectivity index (χ0v) is 19.7. The highest BCUT2D eigenvalue weighted by atomic mass is 35.5. The van der Waals surface area contributed by atoms with Gasteiger partial charge in [-0.15, -0.1) is 4.91 Å². The molecule has 3 atom stereocenters. The van der Waals surface area contributed by atoms with Crippen molar-refractivity contribution in [2.75, 3.05) is 5.73 Å². The molecule has 3 unspecified atom stereocenters. The van der Waals surface area contributed by atoms with Gasteiger partial charge in [0.15, 0.2) is 5.13 Å². The Labute approximate surface area is 205 Å². The van der Waals surface area contributed by atoms with Crippen molar-refractivity contribution < 1.29 is 19.5 Å². The van der Waals surface area contributed by atoms with Gasteiger partial charge >= 0.3 is 5.97 Å². The number of aromatic nitrogens is 2. The SMILES string of the molecule is NCc1ncccc1SC1=C(C(=O)O)N2C(=O)C(NC(=O)C(N=O)c3nc(N)sc3Cl)C2CC1. The van der Waals surface area contributed by atoms with Crippen molar-refractivity contribution in [2.24, 2.45) is 10.9 Å². The number of carboxylic acids is 1. The Bertz CT molecular complexity index is 1220. The summed E-state index contributed by atoms with van der Waals surface area (Å²) < 4.78 is 0.0430. The number of thioether (sulfide) groups is 1. The molecular formula is C19H18ClN7O5S2. The Morgan fingerprint density at radius 3 is 2.85 bits per heavy atom. The van der Waals surface area contributed by atoms with Crippen LogP contribution in [0.5, 0.6) is 0 Å². The first-order valence-electron chi connectivity index (χ1n) is 9.92. The zero-order chi connectivity index (χ0) is 24.6. The number of carbonyl (C=O) groups is 3. The molecule has 178 valence electrons. The third-order valence-corrected chi connectivity index (χ3v) is 7.76. The van der Waals surface area contributed by atoms with Gasteiger partial charge in [-0.3, -0.25) is 19.5 Å². The first-order valence-corrected chi connectivity index (χ1v) is 11.9. The third-order valence-electron chi connectivity index (χ3n) is 5.41. The topological polar surface area (TPSA) is 194 Å². The number of aliphatic carboxylic acids is 1. The predicted molar refractivity (Wildman–Crippen MR) is 125 cm³/mol. The first kappa shape index (κ1) is 24.1. The number of hydrogen-bond acceptors (Lipinski definition) is 11. The van der Waals surface area contributed by atoms with Crippen LogP contribution in [0.25, 0.3) is 0 Å². The van der Waals surface area contributed by atoms with Crippen LogP contribution in [0.3, 0.4) is 0 Å². The minimum Gasteiger partial charge on any atom is -0.477 e. The van der Waals surface area contributed by atoms with E-state index in [1.165, 1.54) is 11.8 Å². The van der Waals surface area contributed by atoms with E-state index in [-0.39, 0.29) is 27.4 Å². The highest BCUT2D eigenvalue weighted by molar-refractivity contribution is 8.03. The normalized spacial score (nSPS) is 20.4. The van der Waals surface area contributed by atoms with E-state index in [4.69, 9.17) is 23.1 Å². The number of nitroso groups, excluding NO2 is 1. The molecule has 0 spiro atoms. The van der Waals surface area contributed by atoms with Gasteiger partial charge in [0.25, 0.3) is 11.8 Å². The van der Waals surface area contributed by atoms with Crippen molar-refractivity contribution in [3.05, 3.63) is 49.6 Å². The number of nitrogens with one attached hydrogen (secondary N) is 1. The molecule has 4 rings (SSSR count). The molecule has 0 aliphatic carbocycles. The molecule has 2 aliphatic heterocycles. The maximum atomic E-state index is 12.9. The van der Waals surface area contributed by atoms with Crippen molar-refractivity contribution >= 4 is 57.6 Å². The molecule has 1 saturated heterocycles. The fourth-order valence-corrected chi connectivity index (χ4v) is 6.02. The second kappa shape index (κ2) is 9.66. The van der Waals surface area contributed by atoms with Crippen molar-refractivity contribution in [1.29, 1.82) is 0 Å². The van der Waals surface area contributed by atoms with Gasteiger partial charge in [0.1, 0.15) is 21.8 Å². The number of halogens is 1. The van der Waals surface area contributed by atoms with Gasteiger partial charge in [-0.1, -0.05) is 34.7 Å². The minimum atomic E-state index is -1.59. The second-order valence-corrected chi connectivity index (χ2v) is 10.1. The molecule has 0 aromatic carbocycles. The maximum Gasteiger partial charge on any atom is 0.353 e. The fraction of sp³-hybridized carbons (Fsp3) is 0.316. The van der Waals surface area contributed by atoms with Gasteiger partial charge in [0.05, 0.1) is 11.7 Å². The molecule has 0 saturated carbocycles. The Morgan fingerprint density at radius 1 is 1.47 bits per heavy atom. The number of allylic oxidation sites excluding steroid dienone is 1. The van der Waals surface area contributed by atoms with Crippen LogP contribution >= 0.6 is 34.7 Å². The lowest BCUT2D eigenvalue weighted by Gasteiger charge is -2.50. The summed E-state index contributed by atoms with van der Waals surface area (Å²) in [5.74, 6) is -2.74. The van der Waals surface area contributed by atoms with Crippen LogP contribution in [0.15, 0.2) is 39.0 Å². The lowest BCUT2D eigenvalue weighted by Crippen LogP contribution is -2.71. The molecule has 0 radical (unpaired) electrons. The number of carbonyl (C=O) groups excluding carboxylic acids is 2. The minimum absolute atomic E-state index is 0.0430. The number of thiazole rings is 1. The second-order valence-electron chi connectivity index (χ2n) is 7.35. The van der Waals surface area contributed by atoms with E-state index in [0.717, 1.165) is 16.2 Å². The average Bonchev–Trinajstić information content (AvgIpc) is 3.15. The van der Waals surface area contributed by atoms with Gasteiger partial charge in [-0.25, -0.2) is 9.78 Å². The zero-order valence-electron chi connectivity index (χ0n) is 17.3. The number of nitrogens with two attached hydrogens (primary N) is 2. The number of fused-ring (bicyclic) bond motifs is 1. The van der Waals surface area contributed by atoms with Crippen LogP contribution in [0.2, 0.25) is 4.34 Å². The predicted octanol–water partition coefficient (Wildman–Crippen LogP) is 1.62. The quantitative estimate of drug-likeness (QED) is 0.291. The van der Waals surface area contributed by atoms with Crippen molar-refractivity contribution in [3.63, 3.8) is 0 Å². The molecule has 2 aliphatic rings. The largest absolute Gasteiger partial charge is 0.477 e. The number of anilines is 1. The Kier molecular flexibility index (Phi) is 6.84. The number of amides is 2. The highest BCUT2D eigenvalue weighted by Gasteiger charge is 2.54. The van der Waals surface area contributed by atoms with Crippen LogP contribution in [-0.2, 0) is 20.9 Å². The van der Waals surface area contributed by atoms with E-state index < -0.39 is 35.9 Å². The molecular weight excluding hydrogens is 506 g/mol. The summed E-state index contributed by atoms with van der Waals surface area (Å²) in [7, 11) is 0. The standard InChI is InChI=1S/C19H18ClN7O5S2/c20-15-12(25-19(22)34-15)13(26-32)16(28)24-11-8-3-4-10(14(18(30)31)27(8)17(11)29)33-9-2-1-5-23-7(9)6-21/h1-2,5,8,11,13H,3-4,6,21H2,(H2,22,25)(H,24,28)(H,30,31). The van der Waals surface area contributed by atoms with Crippen LogP contribution in [0.1, 0.15) is 30.3 Å². The Balaban J connectivity index is 1.54. The number of nitrogens with zero attached hydrogens (tertiary/aromatic N) is 4. The number of rotatable bonds is 8. The Morgan fingerprint density at radius 2 is 2.24 bits per heavy atom. The van der Waals surface area contributed by atoms with Crippen molar-refractivity contribution in [2.45, 2.75) is 42.4 Å². The van der Waals surface area contributed by atoms with Crippen LogP contribution in [0.4, 0.5) is 5.13 Å². The lowest BCUT2D eigenvalue weighted by atomic mass is 9.86.